The Hall–Kier alpha value is -2.72. The molecule has 0 bridgehead atoms. The zero-order valence-corrected chi connectivity index (χ0v) is 13.2. The number of nitriles is 1. The van der Waals surface area contributed by atoms with Crippen molar-refractivity contribution in [1.29, 1.82) is 5.26 Å². The summed E-state index contributed by atoms with van der Waals surface area (Å²) in [6.07, 6.45) is -4.94. The Morgan fingerprint density at radius 1 is 1.20 bits per heavy atom. The van der Waals surface area contributed by atoms with E-state index < -0.39 is 23.1 Å². The van der Waals surface area contributed by atoms with Crippen LogP contribution in [0.25, 0.3) is 0 Å². The third-order valence-electron chi connectivity index (χ3n) is 4.21. The number of carbonyl (C=O) groups is 1. The highest BCUT2D eigenvalue weighted by Crippen LogP contribution is 2.49. The molecule has 0 fully saturated rings. The SMILES string of the molecule is N#CC[C@]1(c2cc(Cl)ccc2O)C(=O)Nc2cc(C(F)(F)F)ccc21. The Morgan fingerprint density at radius 2 is 1.92 bits per heavy atom. The number of amides is 1. The van der Waals surface area contributed by atoms with Gasteiger partial charge in [-0.3, -0.25) is 4.79 Å². The van der Waals surface area contributed by atoms with Crippen LogP contribution in [0, 0.1) is 11.3 Å². The number of nitrogens with one attached hydrogen (secondary N) is 1. The molecule has 2 aromatic carbocycles. The summed E-state index contributed by atoms with van der Waals surface area (Å²) in [6.45, 7) is 0. The van der Waals surface area contributed by atoms with Crippen LogP contribution in [0.15, 0.2) is 36.4 Å². The normalized spacial score (nSPS) is 19.2. The van der Waals surface area contributed by atoms with Gasteiger partial charge in [0, 0.05) is 16.3 Å². The first-order valence-electron chi connectivity index (χ1n) is 7.09. The van der Waals surface area contributed by atoms with Gasteiger partial charge in [0.1, 0.15) is 11.2 Å². The summed E-state index contributed by atoms with van der Waals surface area (Å²) in [7, 11) is 0. The van der Waals surface area contributed by atoms with E-state index in [0.29, 0.717) is 0 Å². The van der Waals surface area contributed by atoms with E-state index in [4.69, 9.17) is 11.6 Å². The van der Waals surface area contributed by atoms with Crippen molar-refractivity contribution in [2.45, 2.75) is 18.0 Å². The van der Waals surface area contributed by atoms with Crippen LogP contribution >= 0.6 is 11.6 Å². The zero-order chi connectivity index (χ0) is 18.4. The maximum Gasteiger partial charge on any atom is 0.416 e. The summed E-state index contributed by atoms with van der Waals surface area (Å²) in [6, 6.07) is 8.68. The third-order valence-corrected chi connectivity index (χ3v) is 4.44. The second-order valence-corrected chi connectivity index (χ2v) is 6.05. The lowest BCUT2D eigenvalue weighted by molar-refractivity contribution is -0.137. The van der Waals surface area contributed by atoms with Gasteiger partial charge < -0.3 is 10.4 Å². The highest BCUT2D eigenvalue weighted by molar-refractivity contribution is 6.30. The molecule has 25 heavy (non-hydrogen) atoms. The Bertz CT molecular complexity index is 921. The van der Waals surface area contributed by atoms with Crippen LogP contribution in [0.1, 0.15) is 23.1 Å². The monoisotopic (exact) mass is 366 g/mol. The minimum atomic E-state index is -4.57. The minimum Gasteiger partial charge on any atom is -0.508 e. The molecule has 0 saturated carbocycles. The molecule has 1 atom stereocenters. The molecular formula is C17H10ClF3N2O2. The summed E-state index contributed by atoms with van der Waals surface area (Å²) in [5, 5.41) is 22.0. The second kappa shape index (κ2) is 5.67. The average Bonchev–Trinajstić information content (AvgIpc) is 2.81. The van der Waals surface area contributed by atoms with Crippen molar-refractivity contribution < 1.29 is 23.1 Å². The lowest BCUT2D eigenvalue weighted by atomic mass is 9.72. The van der Waals surface area contributed by atoms with Gasteiger partial charge in [0.25, 0.3) is 0 Å². The molecule has 1 aliphatic rings. The fraction of sp³-hybridized carbons (Fsp3) is 0.176. The molecule has 1 heterocycles. The Balaban J connectivity index is 2.28. The summed E-state index contributed by atoms with van der Waals surface area (Å²) >= 11 is 5.94. The van der Waals surface area contributed by atoms with Crippen LogP contribution in [-0.4, -0.2) is 11.0 Å². The molecule has 0 saturated heterocycles. The number of benzene rings is 2. The Kier molecular flexibility index (Phi) is 3.88. The smallest absolute Gasteiger partial charge is 0.416 e. The maximum atomic E-state index is 12.9. The Morgan fingerprint density at radius 3 is 2.56 bits per heavy atom. The van der Waals surface area contributed by atoms with Crippen LogP contribution in [0.2, 0.25) is 5.02 Å². The number of phenolic OH excluding ortho intramolecular Hbond substituents is 1. The van der Waals surface area contributed by atoms with Gasteiger partial charge in [0.15, 0.2) is 0 Å². The second-order valence-electron chi connectivity index (χ2n) is 5.61. The van der Waals surface area contributed by atoms with Crippen LogP contribution in [-0.2, 0) is 16.4 Å². The van der Waals surface area contributed by atoms with Gasteiger partial charge in [0.2, 0.25) is 5.91 Å². The van der Waals surface area contributed by atoms with Gasteiger partial charge in [-0.15, -0.1) is 0 Å². The van der Waals surface area contributed by atoms with Gasteiger partial charge >= 0.3 is 6.18 Å². The summed E-state index contributed by atoms with van der Waals surface area (Å²) in [5.41, 5.74) is -2.35. The van der Waals surface area contributed by atoms with Crippen LogP contribution in [0.5, 0.6) is 5.75 Å². The molecule has 0 aromatic heterocycles. The number of hydrogen-bond acceptors (Lipinski definition) is 3. The van der Waals surface area contributed by atoms with Crippen molar-refractivity contribution in [2.75, 3.05) is 5.32 Å². The number of alkyl halides is 3. The first-order valence-corrected chi connectivity index (χ1v) is 7.47. The van der Waals surface area contributed by atoms with Crippen LogP contribution in [0.3, 0.4) is 0 Å². The van der Waals surface area contributed by atoms with E-state index in [0.717, 1.165) is 18.2 Å². The van der Waals surface area contributed by atoms with Crippen molar-refractivity contribution in [3.8, 4) is 11.8 Å². The molecule has 0 radical (unpaired) electrons. The van der Waals surface area contributed by atoms with Gasteiger partial charge in [-0.2, -0.15) is 18.4 Å². The quantitative estimate of drug-likeness (QED) is 0.836. The van der Waals surface area contributed by atoms with Crippen molar-refractivity contribution in [1.82, 2.24) is 0 Å². The molecule has 1 amide bonds. The van der Waals surface area contributed by atoms with E-state index in [1.165, 1.54) is 18.2 Å². The van der Waals surface area contributed by atoms with Gasteiger partial charge in [-0.05, 0) is 35.9 Å². The van der Waals surface area contributed by atoms with E-state index in [1.807, 2.05) is 6.07 Å². The topological polar surface area (TPSA) is 73.1 Å². The van der Waals surface area contributed by atoms with Gasteiger partial charge in [-0.1, -0.05) is 17.7 Å². The van der Waals surface area contributed by atoms with E-state index in [9.17, 15) is 28.3 Å². The van der Waals surface area contributed by atoms with Crippen LogP contribution < -0.4 is 5.32 Å². The third kappa shape index (κ3) is 2.59. The summed E-state index contributed by atoms with van der Waals surface area (Å²) < 4.78 is 38.7. The number of hydrogen-bond donors (Lipinski definition) is 2. The van der Waals surface area contributed by atoms with E-state index in [2.05, 4.69) is 5.32 Å². The molecule has 4 nitrogen and oxygen atoms in total. The number of rotatable bonds is 2. The largest absolute Gasteiger partial charge is 0.508 e. The molecule has 3 rings (SSSR count). The molecular weight excluding hydrogens is 357 g/mol. The standard InChI is InChI=1S/C17H10ClF3N2O2/c18-10-2-4-14(24)12(8-10)16(5-6-22)11-3-1-9(17(19,20)21)7-13(11)23-15(16)25/h1-4,7-8,24H,5H2,(H,23,25)/t16-/m0/s1. The van der Waals surface area contributed by atoms with Crippen molar-refractivity contribution in [3.05, 3.63) is 58.1 Å². The van der Waals surface area contributed by atoms with E-state index >= 15 is 0 Å². The molecule has 2 aromatic rings. The number of nitrogens with zero attached hydrogens (tertiary/aromatic N) is 1. The fourth-order valence-corrected chi connectivity index (χ4v) is 3.23. The number of anilines is 1. The number of fused-ring (bicyclic) bond motifs is 1. The summed E-state index contributed by atoms with van der Waals surface area (Å²) in [5.74, 6) is -0.969. The predicted octanol–water partition coefficient (Wildman–Crippen LogP) is 4.22. The first-order chi connectivity index (χ1) is 11.7. The number of carbonyl (C=O) groups excluding carboxylic acids is 1. The average molecular weight is 367 g/mol. The van der Waals surface area contributed by atoms with Crippen molar-refractivity contribution >= 4 is 23.2 Å². The fourth-order valence-electron chi connectivity index (χ4n) is 3.05. The molecule has 2 N–H and O–H groups in total. The predicted molar refractivity (Wildman–Crippen MR) is 84.2 cm³/mol. The molecule has 0 unspecified atom stereocenters. The highest BCUT2D eigenvalue weighted by Gasteiger charge is 2.50. The van der Waals surface area contributed by atoms with E-state index in [-0.39, 0.29) is 34.0 Å². The first kappa shape index (κ1) is 17.1. The highest BCUT2D eigenvalue weighted by atomic mass is 35.5. The van der Waals surface area contributed by atoms with Crippen molar-refractivity contribution in [2.24, 2.45) is 0 Å². The van der Waals surface area contributed by atoms with Gasteiger partial charge in [-0.25, -0.2) is 0 Å². The number of aromatic hydroxyl groups is 1. The molecule has 8 heteroatoms. The molecule has 0 aliphatic carbocycles. The molecule has 1 aliphatic heterocycles. The number of halogens is 4. The number of phenols is 1. The summed E-state index contributed by atoms with van der Waals surface area (Å²) in [4.78, 5) is 12.7. The Labute approximate surface area is 145 Å². The molecule has 0 spiro atoms. The van der Waals surface area contributed by atoms with E-state index in [1.54, 1.807) is 0 Å². The molecule has 128 valence electrons. The minimum absolute atomic E-state index is 0.0468. The van der Waals surface area contributed by atoms with Gasteiger partial charge in [0.05, 0.1) is 18.1 Å². The maximum absolute atomic E-state index is 12.9. The lowest BCUT2D eigenvalue weighted by Gasteiger charge is -2.26. The van der Waals surface area contributed by atoms with Crippen molar-refractivity contribution in [3.63, 3.8) is 0 Å². The lowest BCUT2D eigenvalue weighted by Crippen LogP contribution is -2.35. The van der Waals surface area contributed by atoms with Crippen LogP contribution in [0.4, 0.5) is 18.9 Å². The zero-order valence-electron chi connectivity index (χ0n) is 12.5.